The van der Waals surface area contributed by atoms with Gasteiger partial charge in [-0.2, -0.15) is 4.98 Å². The molecule has 0 unspecified atom stereocenters. The highest BCUT2D eigenvalue weighted by atomic mass is 16.2. The van der Waals surface area contributed by atoms with Crippen LogP contribution < -0.4 is 10.9 Å². The van der Waals surface area contributed by atoms with Crippen molar-refractivity contribution in [3.63, 3.8) is 0 Å². The van der Waals surface area contributed by atoms with E-state index in [2.05, 4.69) is 29.0 Å². The molecule has 1 fully saturated rings. The third kappa shape index (κ3) is 4.76. The summed E-state index contributed by atoms with van der Waals surface area (Å²) in [4.78, 5) is 32.5. The first-order valence-corrected chi connectivity index (χ1v) is 13.0. The van der Waals surface area contributed by atoms with Crippen molar-refractivity contribution in [3.05, 3.63) is 46.4 Å². The Bertz CT molecular complexity index is 1190. The van der Waals surface area contributed by atoms with Crippen LogP contribution in [0.3, 0.4) is 0 Å². The number of benzene rings is 1. The van der Waals surface area contributed by atoms with E-state index in [-0.39, 0.29) is 11.5 Å². The summed E-state index contributed by atoms with van der Waals surface area (Å²) >= 11 is 0. The molecular formula is C27H39N5O2. The summed E-state index contributed by atoms with van der Waals surface area (Å²) in [6.45, 7) is 9.99. The largest absolute Gasteiger partial charge is 0.353 e. The molecule has 2 aromatic heterocycles. The molecule has 0 radical (unpaired) electrons. The molecule has 1 saturated carbocycles. The van der Waals surface area contributed by atoms with Crippen LogP contribution in [0.2, 0.25) is 0 Å². The number of amides is 1. The average molecular weight is 466 g/mol. The van der Waals surface area contributed by atoms with Gasteiger partial charge >= 0.3 is 0 Å². The fourth-order valence-corrected chi connectivity index (χ4v) is 5.62. The smallest absolute Gasteiger partial charge is 0.273 e. The molecule has 0 saturated heterocycles. The van der Waals surface area contributed by atoms with Crippen molar-refractivity contribution in [1.82, 2.24) is 24.4 Å². The first kappa shape index (κ1) is 24.5. The van der Waals surface area contributed by atoms with Gasteiger partial charge in [-0.1, -0.05) is 45.2 Å². The number of aromatic nitrogens is 3. The molecule has 4 rings (SSSR count). The van der Waals surface area contributed by atoms with Gasteiger partial charge < -0.3 is 5.32 Å². The second-order valence-corrected chi connectivity index (χ2v) is 9.73. The number of para-hydroxylation sites is 1. The van der Waals surface area contributed by atoms with Crippen LogP contribution in [-0.2, 0) is 4.79 Å². The lowest BCUT2D eigenvalue weighted by molar-refractivity contribution is -0.124. The number of hydrogen-bond donors (Lipinski definition) is 1. The number of nitrogens with zero attached hydrogens (tertiary/aromatic N) is 4. The standard InChI is InChI=1S/C27H39N5O2/c1-5-19(3)30(21-12-8-7-9-13-21)17-16-28-27(34)23(6-2)32-24-15-11-10-14-22(24)26-29-25(33)18-20(4)31(26)32/h10-11,14-15,18-19,21,23H,5-9,12-13,16-17H2,1-4H3,(H,28,34)/t19-,23+/m0/s1. The molecular weight excluding hydrogens is 426 g/mol. The van der Waals surface area contributed by atoms with E-state index in [0.29, 0.717) is 30.7 Å². The minimum absolute atomic E-state index is 0.0102. The van der Waals surface area contributed by atoms with Gasteiger partial charge in [-0.3, -0.25) is 19.2 Å². The van der Waals surface area contributed by atoms with Gasteiger partial charge in [0.1, 0.15) is 6.04 Å². The molecule has 184 valence electrons. The second kappa shape index (κ2) is 10.7. The number of hydrogen-bond acceptors (Lipinski definition) is 4. The third-order valence-electron chi connectivity index (χ3n) is 7.54. The van der Waals surface area contributed by atoms with E-state index in [1.165, 1.54) is 38.2 Å². The lowest BCUT2D eigenvalue weighted by Gasteiger charge is -2.38. The Labute approximate surface area is 202 Å². The molecule has 2 heterocycles. The first-order chi connectivity index (χ1) is 16.5. The van der Waals surface area contributed by atoms with Gasteiger partial charge in [-0.15, -0.1) is 0 Å². The molecule has 2 atom stereocenters. The Morgan fingerprint density at radius 2 is 1.91 bits per heavy atom. The Hall–Kier alpha value is -2.67. The maximum atomic E-state index is 13.5. The summed E-state index contributed by atoms with van der Waals surface area (Å²) in [5, 5.41) is 4.12. The number of fused-ring (bicyclic) bond motifs is 3. The predicted octanol–water partition coefficient (Wildman–Crippen LogP) is 4.46. The molecule has 0 aliphatic heterocycles. The Kier molecular flexibility index (Phi) is 7.71. The van der Waals surface area contributed by atoms with Crippen LogP contribution in [-0.4, -0.2) is 50.2 Å². The maximum Gasteiger partial charge on any atom is 0.273 e. The lowest BCUT2D eigenvalue weighted by atomic mass is 9.93. The van der Waals surface area contributed by atoms with E-state index in [0.717, 1.165) is 29.6 Å². The van der Waals surface area contributed by atoms with Crippen molar-refractivity contribution in [1.29, 1.82) is 0 Å². The van der Waals surface area contributed by atoms with Gasteiger partial charge in [0.15, 0.2) is 5.65 Å². The van der Waals surface area contributed by atoms with Crippen molar-refractivity contribution >= 4 is 22.5 Å². The molecule has 0 spiro atoms. The lowest BCUT2D eigenvalue weighted by Crippen LogP contribution is -2.47. The van der Waals surface area contributed by atoms with Crippen LogP contribution in [0.25, 0.3) is 16.6 Å². The summed E-state index contributed by atoms with van der Waals surface area (Å²) in [7, 11) is 0. The molecule has 1 N–H and O–H groups in total. The number of rotatable bonds is 9. The van der Waals surface area contributed by atoms with Crippen molar-refractivity contribution in [2.24, 2.45) is 0 Å². The molecule has 1 aromatic carbocycles. The van der Waals surface area contributed by atoms with E-state index >= 15 is 0 Å². The van der Waals surface area contributed by atoms with Gasteiger partial charge in [0.25, 0.3) is 5.56 Å². The number of nitrogens with one attached hydrogen (secondary N) is 1. The molecule has 1 aliphatic rings. The molecule has 1 amide bonds. The number of carbonyl (C=O) groups is 1. The quantitative estimate of drug-likeness (QED) is 0.507. The fraction of sp³-hybridized carbons (Fsp3) is 0.593. The van der Waals surface area contributed by atoms with Crippen LogP contribution in [0.1, 0.15) is 77.5 Å². The van der Waals surface area contributed by atoms with Gasteiger partial charge in [-0.25, -0.2) is 4.52 Å². The highest BCUT2D eigenvalue weighted by molar-refractivity contribution is 5.94. The van der Waals surface area contributed by atoms with Gasteiger partial charge in [-0.05, 0) is 51.7 Å². The van der Waals surface area contributed by atoms with Crippen LogP contribution >= 0.6 is 0 Å². The van der Waals surface area contributed by atoms with Gasteiger partial charge in [0.05, 0.1) is 5.52 Å². The predicted molar refractivity (Wildman–Crippen MR) is 137 cm³/mol. The molecule has 3 aromatic rings. The van der Waals surface area contributed by atoms with E-state index in [9.17, 15) is 9.59 Å². The zero-order valence-electron chi connectivity index (χ0n) is 21.1. The van der Waals surface area contributed by atoms with E-state index < -0.39 is 6.04 Å². The molecule has 7 nitrogen and oxygen atoms in total. The summed E-state index contributed by atoms with van der Waals surface area (Å²) in [5.41, 5.74) is 2.03. The van der Waals surface area contributed by atoms with Crippen LogP contribution in [0.15, 0.2) is 35.1 Å². The normalized spacial score (nSPS) is 16.9. The molecule has 1 aliphatic carbocycles. The number of carbonyl (C=O) groups excluding carboxylic acids is 1. The van der Waals surface area contributed by atoms with Crippen molar-refractivity contribution in [3.8, 4) is 0 Å². The average Bonchev–Trinajstić information content (AvgIpc) is 3.17. The van der Waals surface area contributed by atoms with E-state index in [4.69, 9.17) is 0 Å². The number of aryl methyl sites for hydroxylation is 1. The minimum Gasteiger partial charge on any atom is -0.353 e. The summed E-state index contributed by atoms with van der Waals surface area (Å²) in [6, 6.07) is 10.2. The Morgan fingerprint density at radius 3 is 2.62 bits per heavy atom. The molecule has 34 heavy (non-hydrogen) atoms. The zero-order chi connectivity index (χ0) is 24.2. The second-order valence-electron chi connectivity index (χ2n) is 9.73. The van der Waals surface area contributed by atoms with E-state index in [1.54, 1.807) is 0 Å². The fourth-order valence-electron chi connectivity index (χ4n) is 5.62. The van der Waals surface area contributed by atoms with Crippen LogP contribution in [0, 0.1) is 6.92 Å². The third-order valence-corrected chi connectivity index (χ3v) is 7.54. The highest BCUT2D eigenvalue weighted by Crippen LogP contribution is 2.27. The van der Waals surface area contributed by atoms with Crippen molar-refractivity contribution in [2.75, 3.05) is 13.1 Å². The Balaban J connectivity index is 1.58. The van der Waals surface area contributed by atoms with Crippen LogP contribution in [0.5, 0.6) is 0 Å². The summed E-state index contributed by atoms with van der Waals surface area (Å²) < 4.78 is 3.93. The molecule has 0 bridgehead atoms. The van der Waals surface area contributed by atoms with Crippen LogP contribution in [0.4, 0.5) is 0 Å². The zero-order valence-corrected chi connectivity index (χ0v) is 21.1. The SMILES string of the molecule is CC[C@H](C(=O)NCCN(C1CCCCC1)[C@@H](C)CC)n1c2ccccc2c2nc(=O)cc(C)n21. The maximum absolute atomic E-state index is 13.5. The summed E-state index contributed by atoms with van der Waals surface area (Å²) in [6.07, 6.45) is 8.26. The van der Waals surface area contributed by atoms with E-state index in [1.807, 2.05) is 47.3 Å². The monoisotopic (exact) mass is 465 g/mol. The van der Waals surface area contributed by atoms with Gasteiger partial charge in [0, 0.05) is 42.3 Å². The van der Waals surface area contributed by atoms with Crippen molar-refractivity contribution in [2.45, 2.75) is 90.8 Å². The highest BCUT2D eigenvalue weighted by Gasteiger charge is 2.27. The first-order valence-electron chi connectivity index (χ1n) is 13.0. The van der Waals surface area contributed by atoms with Gasteiger partial charge in [0.2, 0.25) is 5.91 Å². The summed E-state index contributed by atoms with van der Waals surface area (Å²) in [5.74, 6) is 0.0102. The van der Waals surface area contributed by atoms with Crippen molar-refractivity contribution < 1.29 is 4.79 Å². The molecule has 7 heteroatoms. The minimum atomic E-state index is -0.392. The topological polar surface area (TPSA) is 71.6 Å². The Morgan fingerprint density at radius 1 is 1.18 bits per heavy atom.